The predicted octanol–water partition coefficient (Wildman–Crippen LogP) is 3.90. The lowest BCUT2D eigenvalue weighted by Crippen LogP contribution is -1.73. The van der Waals surface area contributed by atoms with Crippen LogP contribution < -0.4 is 0 Å². The molecule has 0 spiro atoms. The Morgan fingerprint density at radius 2 is 1.50 bits per heavy atom. The lowest BCUT2D eigenvalue weighted by atomic mass is 10.2. The Labute approximate surface area is 85.8 Å². The van der Waals surface area contributed by atoms with Gasteiger partial charge in [0.15, 0.2) is 0 Å². The maximum Gasteiger partial charge on any atom is 0.0701 e. The number of benzene rings is 1. The van der Waals surface area contributed by atoms with Gasteiger partial charge in [0.05, 0.1) is 5.52 Å². The van der Waals surface area contributed by atoms with E-state index in [9.17, 15) is 0 Å². The molecule has 0 saturated carbocycles. The summed E-state index contributed by atoms with van der Waals surface area (Å²) in [6.45, 7) is 6.50. The molecule has 0 aliphatic heterocycles. The number of hydrogen-bond acceptors (Lipinski definition) is 1. The largest absolute Gasteiger partial charge is 0.256 e. The average molecular weight is 187 g/mol. The third-order valence-corrected chi connectivity index (χ3v) is 1.51. The van der Waals surface area contributed by atoms with E-state index < -0.39 is 0 Å². The second kappa shape index (κ2) is 5.38. The van der Waals surface area contributed by atoms with E-state index in [1.165, 1.54) is 5.39 Å². The number of para-hydroxylation sites is 1. The highest BCUT2D eigenvalue weighted by atomic mass is 14.6. The van der Waals surface area contributed by atoms with Crippen molar-refractivity contribution in [3.8, 4) is 0 Å². The van der Waals surface area contributed by atoms with Crippen LogP contribution in [0.4, 0.5) is 0 Å². The quantitative estimate of drug-likeness (QED) is 0.609. The lowest BCUT2D eigenvalue weighted by Gasteiger charge is -1.91. The van der Waals surface area contributed by atoms with Gasteiger partial charge in [-0.05, 0) is 18.1 Å². The van der Waals surface area contributed by atoms with Crippen molar-refractivity contribution in [3.05, 3.63) is 42.6 Å². The van der Waals surface area contributed by atoms with Crippen LogP contribution in [-0.4, -0.2) is 4.98 Å². The second-order valence-electron chi connectivity index (χ2n) is 3.93. The zero-order valence-electron chi connectivity index (χ0n) is 9.07. The first kappa shape index (κ1) is 10.7. The molecule has 1 aromatic carbocycles. The van der Waals surface area contributed by atoms with Crippen LogP contribution in [0.1, 0.15) is 20.8 Å². The van der Waals surface area contributed by atoms with E-state index in [-0.39, 0.29) is 0 Å². The summed E-state index contributed by atoms with van der Waals surface area (Å²) in [4.78, 5) is 4.18. The van der Waals surface area contributed by atoms with Crippen molar-refractivity contribution in [1.29, 1.82) is 0 Å². The fraction of sp³-hybridized carbons (Fsp3) is 0.308. The molecule has 0 aliphatic rings. The van der Waals surface area contributed by atoms with Crippen molar-refractivity contribution >= 4 is 10.9 Å². The van der Waals surface area contributed by atoms with Crippen LogP contribution in [0.25, 0.3) is 10.9 Å². The molecule has 1 heteroatoms. The number of pyridine rings is 1. The standard InChI is InChI=1S/C9H7N.C4H10/c1-2-6-9-8(4-1)5-3-7-10-9;1-4(2)3/h1-7H;4H,1-3H3. The van der Waals surface area contributed by atoms with Crippen molar-refractivity contribution in [3.63, 3.8) is 0 Å². The average Bonchev–Trinajstić information content (AvgIpc) is 2.17. The smallest absolute Gasteiger partial charge is 0.0701 e. The first-order valence-corrected chi connectivity index (χ1v) is 5.00. The highest BCUT2D eigenvalue weighted by Crippen LogP contribution is 2.07. The van der Waals surface area contributed by atoms with Crippen LogP contribution in [0.15, 0.2) is 42.6 Å². The summed E-state index contributed by atoms with van der Waals surface area (Å²) in [5, 5.41) is 1.20. The summed E-state index contributed by atoms with van der Waals surface area (Å²) in [5.41, 5.74) is 1.06. The minimum atomic E-state index is 0.833. The summed E-state index contributed by atoms with van der Waals surface area (Å²) in [5.74, 6) is 0.833. The Bertz CT molecular complexity index is 311. The zero-order valence-corrected chi connectivity index (χ0v) is 9.07. The summed E-state index contributed by atoms with van der Waals surface area (Å²) in [6, 6.07) is 12.1. The highest BCUT2D eigenvalue weighted by molar-refractivity contribution is 5.77. The molecule has 14 heavy (non-hydrogen) atoms. The molecule has 0 fully saturated rings. The molecule has 2 rings (SSSR count). The molecular weight excluding hydrogens is 170 g/mol. The molecule has 1 nitrogen and oxygen atoms in total. The maximum absolute atomic E-state index is 4.18. The van der Waals surface area contributed by atoms with Gasteiger partial charge in [-0.15, -0.1) is 0 Å². The Morgan fingerprint density at radius 3 is 2.14 bits per heavy atom. The van der Waals surface area contributed by atoms with E-state index in [2.05, 4.69) is 37.9 Å². The Hall–Kier alpha value is -1.37. The van der Waals surface area contributed by atoms with Crippen LogP contribution in [0, 0.1) is 5.92 Å². The van der Waals surface area contributed by atoms with E-state index >= 15 is 0 Å². The number of fused-ring (bicyclic) bond motifs is 1. The van der Waals surface area contributed by atoms with Crippen molar-refractivity contribution in [1.82, 2.24) is 4.98 Å². The van der Waals surface area contributed by atoms with Crippen LogP contribution in [0.3, 0.4) is 0 Å². The number of hydrogen-bond donors (Lipinski definition) is 0. The van der Waals surface area contributed by atoms with Crippen molar-refractivity contribution < 1.29 is 0 Å². The van der Waals surface area contributed by atoms with Gasteiger partial charge in [0.25, 0.3) is 0 Å². The molecule has 0 N–H and O–H groups in total. The number of rotatable bonds is 0. The Kier molecular flexibility index (Phi) is 4.11. The highest BCUT2D eigenvalue weighted by Gasteiger charge is 1.86. The van der Waals surface area contributed by atoms with E-state index in [4.69, 9.17) is 0 Å². The Morgan fingerprint density at radius 1 is 0.929 bits per heavy atom. The second-order valence-corrected chi connectivity index (χ2v) is 3.93. The molecule has 0 atom stereocenters. The molecular formula is C13H17N. The molecule has 0 aliphatic carbocycles. The number of aromatic nitrogens is 1. The minimum Gasteiger partial charge on any atom is -0.256 e. The van der Waals surface area contributed by atoms with E-state index in [0.717, 1.165) is 11.4 Å². The Balaban J connectivity index is 0.000000213. The van der Waals surface area contributed by atoms with Gasteiger partial charge in [0, 0.05) is 11.6 Å². The third-order valence-electron chi connectivity index (χ3n) is 1.51. The fourth-order valence-corrected chi connectivity index (χ4v) is 1.02. The zero-order chi connectivity index (χ0) is 10.4. The predicted molar refractivity (Wildman–Crippen MR) is 62.3 cm³/mol. The molecule has 0 unspecified atom stereocenters. The normalized spacial score (nSPS) is 9.71. The summed E-state index contributed by atoms with van der Waals surface area (Å²) >= 11 is 0. The van der Waals surface area contributed by atoms with Crippen molar-refractivity contribution in [2.24, 2.45) is 5.92 Å². The van der Waals surface area contributed by atoms with Gasteiger partial charge in [0.2, 0.25) is 0 Å². The minimum absolute atomic E-state index is 0.833. The summed E-state index contributed by atoms with van der Waals surface area (Å²) in [7, 11) is 0. The maximum atomic E-state index is 4.18. The van der Waals surface area contributed by atoms with Gasteiger partial charge in [-0.3, -0.25) is 4.98 Å². The molecule has 0 amide bonds. The van der Waals surface area contributed by atoms with E-state index in [1.807, 2.05) is 30.5 Å². The molecule has 0 radical (unpaired) electrons. The fourth-order valence-electron chi connectivity index (χ4n) is 1.02. The van der Waals surface area contributed by atoms with Crippen LogP contribution in [-0.2, 0) is 0 Å². The molecule has 2 aromatic rings. The van der Waals surface area contributed by atoms with Gasteiger partial charge >= 0.3 is 0 Å². The van der Waals surface area contributed by atoms with Crippen LogP contribution >= 0.6 is 0 Å². The first-order valence-electron chi connectivity index (χ1n) is 5.00. The van der Waals surface area contributed by atoms with Gasteiger partial charge in [0.1, 0.15) is 0 Å². The van der Waals surface area contributed by atoms with Crippen molar-refractivity contribution in [2.45, 2.75) is 20.8 Å². The summed E-state index contributed by atoms with van der Waals surface area (Å²) in [6.07, 6.45) is 1.81. The molecule has 0 saturated heterocycles. The SMILES string of the molecule is CC(C)C.c1ccc2ncccc2c1. The summed E-state index contributed by atoms with van der Waals surface area (Å²) < 4.78 is 0. The molecule has 1 aromatic heterocycles. The monoisotopic (exact) mass is 187 g/mol. The molecule has 74 valence electrons. The van der Waals surface area contributed by atoms with E-state index in [0.29, 0.717) is 0 Å². The lowest BCUT2D eigenvalue weighted by molar-refractivity contribution is 0.737. The third kappa shape index (κ3) is 3.56. The number of nitrogens with zero attached hydrogens (tertiary/aromatic N) is 1. The van der Waals surface area contributed by atoms with Gasteiger partial charge < -0.3 is 0 Å². The van der Waals surface area contributed by atoms with Crippen LogP contribution in [0.2, 0.25) is 0 Å². The first-order chi connectivity index (χ1) is 6.70. The van der Waals surface area contributed by atoms with Crippen LogP contribution in [0.5, 0.6) is 0 Å². The van der Waals surface area contributed by atoms with Crippen molar-refractivity contribution in [2.75, 3.05) is 0 Å². The van der Waals surface area contributed by atoms with E-state index in [1.54, 1.807) is 0 Å². The van der Waals surface area contributed by atoms with Gasteiger partial charge in [-0.1, -0.05) is 45.0 Å². The molecule has 1 heterocycles. The molecule has 0 bridgehead atoms. The van der Waals surface area contributed by atoms with Gasteiger partial charge in [-0.25, -0.2) is 0 Å². The topological polar surface area (TPSA) is 12.9 Å². The van der Waals surface area contributed by atoms with Gasteiger partial charge in [-0.2, -0.15) is 0 Å².